The molecular weight excluding hydrogens is 301 g/mol. The van der Waals surface area contributed by atoms with Crippen molar-refractivity contribution < 1.29 is 14.7 Å². The number of hydrogen-bond acceptors (Lipinski definition) is 2. The third-order valence-corrected chi connectivity index (χ3v) is 3.29. The van der Waals surface area contributed by atoms with Gasteiger partial charge in [-0.15, -0.1) is 0 Å². The monoisotopic (exact) mass is 309 g/mol. The van der Waals surface area contributed by atoms with Gasteiger partial charge in [0.1, 0.15) is 0 Å². The van der Waals surface area contributed by atoms with Gasteiger partial charge in [-0.3, -0.25) is 4.79 Å². The first-order valence-electron chi connectivity index (χ1n) is 5.57. The number of carboxylic acids is 1. The van der Waals surface area contributed by atoms with E-state index in [1.54, 1.807) is 12.1 Å². The summed E-state index contributed by atoms with van der Waals surface area (Å²) < 4.78 is 0. The van der Waals surface area contributed by atoms with Crippen LogP contribution in [0, 0.1) is 0 Å². The topological polar surface area (TPSA) is 66.4 Å². The lowest BCUT2D eigenvalue weighted by molar-refractivity contribution is 0.0697. The second kappa shape index (κ2) is 5.94. The number of halogens is 2. The summed E-state index contributed by atoms with van der Waals surface area (Å²) in [5.41, 5.74) is 0.771. The Balaban J connectivity index is 2.21. The van der Waals surface area contributed by atoms with Crippen LogP contribution >= 0.6 is 23.2 Å². The normalized spacial score (nSPS) is 10.1. The third kappa shape index (κ3) is 3.29. The number of carboxylic acid groups (broad SMARTS) is 1. The molecule has 0 radical (unpaired) electrons. The minimum atomic E-state index is -1.09. The van der Waals surface area contributed by atoms with Gasteiger partial charge in [0, 0.05) is 11.3 Å². The number of benzene rings is 2. The maximum absolute atomic E-state index is 12.0. The Hall–Kier alpha value is -2.04. The van der Waals surface area contributed by atoms with E-state index >= 15 is 0 Å². The summed E-state index contributed by atoms with van der Waals surface area (Å²) in [6.07, 6.45) is 0. The van der Waals surface area contributed by atoms with Crippen LogP contribution in [0.2, 0.25) is 10.0 Å². The van der Waals surface area contributed by atoms with E-state index in [4.69, 9.17) is 28.3 Å². The molecule has 0 aromatic heterocycles. The molecule has 1 amide bonds. The van der Waals surface area contributed by atoms with Crippen LogP contribution in [0.15, 0.2) is 42.5 Å². The Morgan fingerprint density at radius 1 is 0.950 bits per heavy atom. The van der Waals surface area contributed by atoms with Gasteiger partial charge < -0.3 is 10.4 Å². The summed E-state index contributed by atoms with van der Waals surface area (Å²) in [5.74, 6) is -1.51. The number of amides is 1. The molecule has 6 heteroatoms. The summed E-state index contributed by atoms with van der Waals surface area (Å²) in [6.45, 7) is 0. The molecule has 0 atom stereocenters. The van der Waals surface area contributed by atoms with Crippen molar-refractivity contribution in [2.75, 3.05) is 5.32 Å². The van der Waals surface area contributed by atoms with Crippen molar-refractivity contribution in [3.05, 3.63) is 63.6 Å². The van der Waals surface area contributed by atoms with E-state index in [9.17, 15) is 9.59 Å². The molecule has 2 rings (SSSR count). The second-order valence-corrected chi connectivity index (χ2v) is 4.78. The molecule has 0 aliphatic rings. The second-order valence-electron chi connectivity index (χ2n) is 3.97. The number of nitrogens with one attached hydrogen (secondary N) is 1. The summed E-state index contributed by atoms with van der Waals surface area (Å²) in [6, 6.07) is 10.4. The summed E-state index contributed by atoms with van der Waals surface area (Å²) in [7, 11) is 0. The Labute approximate surface area is 124 Å². The van der Waals surface area contributed by atoms with E-state index < -0.39 is 11.9 Å². The first-order valence-corrected chi connectivity index (χ1v) is 6.33. The molecule has 0 saturated heterocycles. The SMILES string of the molecule is O=C(O)c1cccc(C(=O)Nc2ccc(Cl)c(Cl)c2)c1. The van der Waals surface area contributed by atoms with Gasteiger partial charge in [-0.1, -0.05) is 29.3 Å². The lowest BCUT2D eigenvalue weighted by Crippen LogP contribution is -2.12. The van der Waals surface area contributed by atoms with Crippen LogP contribution in [-0.2, 0) is 0 Å². The number of aromatic carboxylic acids is 1. The highest BCUT2D eigenvalue weighted by Gasteiger charge is 2.10. The molecule has 0 heterocycles. The molecule has 2 aromatic carbocycles. The van der Waals surface area contributed by atoms with Crippen molar-refractivity contribution in [3.8, 4) is 0 Å². The van der Waals surface area contributed by atoms with Gasteiger partial charge >= 0.3 is 5.97 Å². The highest BCUT2D eigenvalue weighted by molar-refractivity contribution is 6.42. The number of carbonyl (C=O) groups is 2. The lowest BCUT2D eigenvalue weighted by Gasteiger charge is -2.07. The fourth-order valence-corrected chi connectivity index (χ4v) is 1.87. The van der Waals surface area contributed by atoms with E-state index in [0.29, 0.717) is 15.7 Å². The molecule has 4 nitrogen and oxygen atoms in total. The molecule has 0 fully saturated rings. The molecular formula is C14H9Cl2NO3. The molecule has 2 aromatic rings. The number of carbonyl (C=O) groups excluding carboxylic acids is 1. The zero-order chi connectivity index (χ0) is 14.7. The van der Waals surface area contributed by atoms with Gasteiger partial charge in [0.15, 0.2) is 0 Å². The predicted molar refractivity (Wildman–Crippen MR) is 77.8 cm³/mol. The fourth-order valence-electron chi connectivity index (χ4n) is 1.57. The molecule has 0 bridgehead atoms. The maximum Gasteiger partial charge on any atom is 0.335 e. The molecule has 102 valence electrons. The fraction of sp³-hybridized carbons (Fsp3) is 0. The quantitative estimate of drug-likeness (QED) is 0.902. The lowest BCUT2D eigenvalue weighted by atomic mass is 10.1. The molecule has 0 aliphatic carbocycles. The number of rotatable bonds is 3. The van der Waals surface area contributed by atoms with E-state index in [1.807, 2.05) is 0 Å². The van der Waals surface area contributed by atoms with Crippen molar-refractivity contribution in [2.24, 2.45) is 0 Å². The van der Waals surface area contributed by atoms with Gasteiger partial charge in [0.2, 0.25) is 0 Å². The van der Waals surface area contributed by atoms with E-state index in [-0.39, 0.29) is 11.1 Å². The predicted octanol–water partition coefficient (Wildman–Crippen LogP) is 3.94. The summed E-state index contributed by atoms with van der Waals surface area (Å²) in [4.78, 5) is 22.9. The molecule has 0 aliphatic heterocycles. The Kier molecular flexibility index (Phi) is 4.27. The van der Waals surface area contributed by atoms with Crippen molar-refractivity contribution in [3.63, 3.8) is 0 Å². The average molecular weight is 310 g/mol. The molecule has 20 heavy (non-hydrogen) atoms. The van der Waals surface area contributed by atoms with Crippen LogP contribution in [-0.4, -0.2) is 17.0 Å². The minimum absolute atomic E-state index is 0.0480. The van der Waals surface area contributed by atoms with Crippen LogP contribution in [0.4, 0.5) is 5.69 Å². The van der Waals surface area contributed by atoms with Gasteiger partial charge in [0.25, 0.3) is 5.91 Å². The Morgan fingerprint density at radius 2 is 1.65 bits per heavy atom. The Bertz CT molecular complexity index is 686. The largest absolute Gasteiger partial charge is 0.478 e. The van der Waals surface area contributed by atoms with Crippen molar-refractivity contribution in [2.45, 2.75) is 0 Å². The maximum atomic E-state index is 12.0. The van der Waals surface area contributed by atoms with Crippen molar-refractivity contribution in [1.29, 1.82) is 0 Å². The van der Waals surface area contributed by atoms with Crippen LogP contribution < -0.4 is 5.32 Å². The van der Waals surface area contributed by atoms with E-state index in [2.05, 4.69) is 5.32 Å². The number of hydrogen-bond donors (Lipinski definition) is 2. The van der Waals surface area contributed by atoms with Crippen molar-refractivity contribution >= 4 is 40.8 Å². The highest BCUT2D eigenvalue weighted by atomic mass is 35.5. The van der Waals surface area contributed by atoms with E-state index in [1.165, 1.54) is 30.3 Å². The van der Waals surface area contributed by atoms with Crippen molar-refractivity contribution in [1.82, 2.24) is 0 Å². The summed E-state index contributed by atoms with van der Waals surface area (Å²) in [5, 5.41) is 12.2. The Morgan fingerprint density at radius 3 is 2.30 bits per heavy atom. The molecule has 0 saturated carbocycles. The van der Waals surface area contributed by atoms with Gasteiger partial charge in [0.05, 0.1) is 15.6 Å². The zero-order valence-corrected chi connectivity index (χ0v) is 11.6. The van der Waals surface area contributed by atoms with Crippen LogP contribution in [0.1, 0.15) is 20.7 Å². The smallest absolute Gasteiger partial charge is 0.335 e. The standard InChI is InChI=1S/C14H9Cl2NO3/c15-11-5-4-10(7-12(11)16)17-13(18)8-2-1-3-9(6-8)14(19)20/h1-7H,(H,17,18)(H,19,20). The highest BCUT2D eigenvalue weighted by Crippen LogP contribution is 2.25. The average Bonchev–Trinajstić information content (AvgIpc) is 2.43. The van der Waals surface area contributed by atoms with Gasteiger partial charge in [-0.05, 0) is 36.4 Å². The van der Waals surface area contributed by atoms with Crippen LogP contribution in [0.3, 0.4) is 0 Å². The van der Waals surface area contributed by atoms with Gasteiger partial charge in [-0.2, -0.15) is 0 Å². The van der Waals surface area contributed by atoms with Crippen LogP contribution in [0.5, 0.6) is 0 Å². The first kappa shape index (κ1) is 14.4. The van der Waals surface area contributed by atoms with Crippen LogP contribution in [0.25, 0.3) is 0 Å². The minimum Gasteiger partial charge on any atom is -0.478 e. The first-order chi connectivity index (χ1) is 9.47. The van der Waals surface area contributed by atoms with Gasteiger partial charge in [-0.25, -0.2) is 4.79 Å². The third-order valence-electron chi connectivity index (χ3n) is 2.55. The zero-order valence-electron chi connectivity index (χ0n) is 10.1. The molecule has 0 unspecified atom stereocenters. The number of anilines is 1. The summed E-state index contributed by atoms with van der Waals surface area (Å²) >= 11 is 11.6. The molecule has 2 N–H and O–H groups in total. The molecule has 0 spiro atoms. The van der Waals surface area contributed by atoms with E-state index in [0.717, 1.165) is 0 Å².